The van der Waals surface area contributed by atoms with Gasteiger partial charge < -0.3 is 25.0 Å². The number of nitrogens with one attached hydrogen (secondary N) is 2. The molecular formula is C27H43N3O6S. The monoisotopic (exact) mass is 537 g/mol. The Hall–Kier alpha value is -2.75. The van der Waals surface area contributed by atoms with Crippen LogP contribution in [0.1, 0.15) is 76.6 Å². The van der Waals surface area contributed by atoms with Crippen molar-refractivity contribution in [2.24, 2.45) is 0 Å². The second-order valence-corrected chi connectivity index (χ2v) is 10.2. The molecule has 0 aliphatic rings. The Morgan fingerprint density at radius 1 is 1.11 bits per heavy atom. The normalized spacial score (nSPS) is 12.8. The van der Waals surface area contributed by atoms with Gasteiger partial charge in [-0.25, -0.2) is 4.79 Å². The summed E-state index contributed by atoms with van der Waals surface area (Å²) in [5.41, 5.74) is 1.79. The van der Waals surface area contributed by atoms with Gasteiger partial charge in [-0.3, -0.25) is 14.4 Å². The van der Waals surface area contributed by atoms with E-state index in [4.69, 9.17) is 9.47 Å². The fourth-order valence-electron chi connectivity index (χ4n) is 3.67. The van der Waals surface area contributed by atoms with E-state index in [0.717, 1.165) is 17.5 Å². The summed E-state index contributed by atoms with van der Waals surface area (Å²) in [5, 5.41) is 5.39. The molecule has 1 aromatic rings. The predicted molar refractivity (Wildman–Crippen MR) is 147 cm³/mol. The second-order valence-electron chi connectivity index (χ2n) is 9.80. The van der Waals surface area contributed by atoms with Gasteiger partial charge in [0.25, 0.3) is 0 Å². The molecule has 0 aliphatic carbocycles. The first-order valence-corrected chi connectivity index (χ1v) is 13.4. The lowest BCUT2D eigenvalue weighted by molar-refractivity contribution is -0.144. The van der Waals surface area contributed by atoms with Crippen molar-refractivity contribution in [2.75, 3.05) is 25.4 Å². The number of rotatable bonds is 13. The average molecular weight is 538 g/mol. The molecule has 9 nitrogen and oxygen atoms in total. The quantitative estimate of drug-likeness (QED) is 0.260. The first kappa shape index (κ1) is 32.3. The van der Waals surface area contributed by atoms with E-state index in [0.29, 0.717) is 18.5 Å². The van der Waals surface area contributed by atoms with Crippen LogP contribution in [0, 0.1) is 13.8 Å². The van der Waals surface area contributed by atoms with E-state index in [1.807, 2.05) is 39.0 Å². The number of ether oxygens (including phenoxy) is 2. The van der Waals surface area contributed by atoms with Gasteiger partial charge in [0.2, 0.25) is 11.8 Å². The van der Waals surface area contributed by atoms with Crippen LogP contribution in [0.2, 0.25) is 0 Å². The Bertz CT molecular complexity index is 931. The van der Waals surface area contributed by atoms with E-state index in [9.17, 15) is 19.2 Å². The number of alkyl carbamates (subject to hydrolysis) is 1. The van der Waals surface area contributed by atoms with E-state index in [1.165, 1.54) is 4.90 Å². The van der Waals surface area contributed by atoms with Crippen molar-refractivity contribution in [3.63, 3.8) is 0 Å². The summed E-state index contributed by atoms with van der Waals surface area (Å²) < 4.78 is 10.3. The predicted octanol–water partition coefficient (Wildman–Crippen LogP) is 3.87. The molecule has 0 fully saturated rings. The number of carbonyl (C=O) groups is 4. The number of benzene rings is 1. The first-order valence-electron chi connectivity index (χ1n) is 12.8. The molecule has 0 aromatic heterocycles. The lowest BCUT2D eigenvalue weighted by atomic mass is 9.95. The van der Waals surface area contributed by atoms with Crippen molar-refractivity contribution in [1.82, 2.24) is 15.5 Å². The number of hydrogen-bond donors (Lipinski definition) is 3. The van der Waals surface area contributed by atoms with Crippen LogP contribution in [-0.2, 0) is 23.9 Å². The lowest BCUT2D eigenvalue weighted by Crippen LogP contribution is -2.54. The zero-order valence-corrected chi connectivity index (χ0v) is 24.1. The maximum atomic E-state index is 13.8. The van der Waals surface area contributed by atoms with Gasteiger partial charge in [-0.05, 0) is 64.7 Å². The topological polar surface area (TPSA) is 114 Å². The molecule has 0 saturated carbocycles. The van der Waals surface area contributed by atoms with Crippen molar-refractivity contribution in [3.05, 3.63) is 34.9 Å². The summed E-state index contributed by atoms with van der Waals surface area (Å²) in [6.45, 7) is 13.4. The molecular weight excluding hydrogens is 494 g/mol. The van der Waals surface area contributed by atoms with E-state index < -0.39 is 41.6 Å². The van der Waals surface area contributed by atoms with Gasteiger partial charge >= 0.3 is 12.1 Å². The molecule has 3 amide bonds. The number of amides is 3. The van der Waals surface area contributed by atoms with E-state index in [2.05, 4.69) is 23.3 Å². The highest BCUT2D eigenvalue weighted by Gasteiger charge is 2.36. The molecule has 0 aliphatic heterocycles. The number of nitrogens with zero attached hydrogens (tertiary/aromatic N) is 1. The Morgan fingerprint density at radius 2 is 1.78 bits per heavy atom. The maximum Gasteiger partial charge on any atom is 0.408 e. The van der Waals surface area contributed by atoms with Crippen molar-refractivity contribution >= 4 is 36.5 Å². The largest absolute Gasteiger partial charge is 0.466 e. The highest BCUT2D eigenvalue weighted by molar-refractivity contribution is 7.80. The summed E-state index contributed by atoms with van der Waals surface area (Å²) in [4.78, 5) is 53.1. The van der Waals surface area contributed by atoms with Gasteiger partial charge in [-0.2, -0.15) is 12.6 Å². The fraction of sp³-hybridized carbons (Fsp3) is 0.630. The van der Waals surface area contributed by atoms with Crippen LogP contribution in [0.3, 0.4) is 0 Å². The molecule has 2 unspecified atom stereocenters. The Labute approximate surface area is 226 Å². The molecule has 1 aromatic carbocycles. The number of aryl methyl sites for hydroxylation is 1. The zero-order valence-electron chi connectivity index (χ0n) is 23.2. The minimum Gasteiger partial charge on any atom is -0.466 e. The second kappa shape index (κ2) is 15.5. The van der Waals surface area contributed by atoms with Crippen molar-refractivity contribution in [2.45, 2.75) is 85.4 Å². The number of thiol groups is 1. The van der Waals surface area contributed by atoms with Gasteiger partial charge in [0, 0.05) is 18.8 Å². The van der Waals surface area contributed by atoms with Crippen LogP contribution in [-0.4, -0.2) is 65.9 Å². The minimum absolute atomic E-state index is 0.0153. The molecule has 1 rings (SSSR count). The number of carbonyl (C=O) groups excluding carboxylic acids is 4. The summed E-state index contributed by atoms with van der Waals surface area (Å²) in [6, 6.07) is 3.63. The third-order valence-electron chi connectivity index (χ3n) is 5.64. The molecule has 0 spiro atoms. The molecule has 10 heteroatoms. The van der Waals surface area contributed by atoms with Gasteiger partial charge in [-0.15, -0.1) is 0 Å². The fourth-order valence-corrected chi connectivity index (χ4v) is 3.92. The van der Waals surface area contributed by atoms with Crippen molar-refractivity contribution in [3.8, 4) is 0 Å². The maximum absolute atomic E-state index is 13.8. The van der Waals surface area contributed by atoms with E-state index in [-0.39, 0.29) is 25.3 Å². The molecule has 0 radical (unpaired) electrons. The molecule has 0 bridgehead atoms. The van der Waals surface area contributed by atoms with Crippen molar-refractivity contribution in [1.29, 1.82) is 0 Å². The summed E-state index contributed by atoms with van der Waals surface area (Å²) in [7, 11) is 0. The zero-order chi connectivity index (χ0) is 28.2. The van der Waals surface area contributed by atoms with Gasteiger partial charge in [-0.1, -0.05) is 31.5 Å². The van der Waals surface area contributed by atoms with Crippen LogP contribution >= 0.6 is 12.6 Å². The Kier molecular flexibility index (Phi) is 13.5. The van der Waals surface area contributed by atoms with Crippen LogP contribution in [0.15, 0.2) is 18.2 Å². The number of unbranched alkanes of at least 4 members (excludes halogenated alkanes) is 1. The third kappa shape index (κ3) is 10.6. The molecule has 2 N–H and O–H groups in total. The summed E-state index contributed by atoms with van der Waals surface area (Å²) >= 11 is 4.30. The van der Waals surface area contributed by atoms with Gasteiger partial charge in [0.1, 0.15) is 17.7 Å². The molecule has 0 heterocycles. The summed E-state index contributed by atoms with van der Waals surface area (Å²) in [5.74, 6) is -1.26. The Morgan fingerprint density at radius 3 is 2.35 bits per heavy atom. The van der Waals surface area contributed by atoms with E-state index in [1.54, 1.807) is 27.7 Å². The standard InChI is InChI=1S/C27H43N3O6S/c1-8-10-16-30(25(33)21(17-37)29-26(34)36-27(5,6)7)23(20-13-11-12-18(3)19(20)4)24(32)28-15-14-22(31)35-9-2/h11-13,21,23,37H,8-10,14-17H2,1-7H3,(H,28,32)(H,29,34). The Balaban J connectivity index is 3.38. The molecule has 2 atom stereocenters. The highest BCUT2D eigenvalue weighted by Crippen LogP contribution is 2.28. The average Bonchev–Trinajstić information content (AvgIpc) is 2.81. The molecule has 0 saturated heterocycles. The van der Waals surface area contributed by atoms with Crippen LogP contribution in [0.4, 0.5) is 4.79 Å². The van der Waals surface area contributed by atoms with Crippen LogP contribution < -0.4 is 10.6 Å². The van der Waals surface area contributed by atoms with E-state index >= 15 is 0 Å². The highest BCUT2D eigenvalue weighted by atomic mass is 32.1. The third-order valence-corrected chi connectivity index (χ3v) is 6.01. The molecule has 208 valence electrons. The SMILES string of the molecule is CCCCN(C(=O)C(CS)NC(=O)OC(C)(C)C)C(C(=O)NCCC(=O)OCC)c1cccc(C)c1C. The molecule has 37 heavy (non-hydrogen) atoms. The van der Waals surface area contributed by atoms with Gasteiger partial charge in [0.15, 0.2) is 0 Å². The number of esters is 1. The smallest absolute Gasteiger partial charge is 0.408 e. The van der Waals surface area contributed by atoms with Crippen LogP contribution in [0.25, 0.3) is 0 Å². The lowest BCUT2D eigenvalue weighted by Gasteiger charge is -2.35. The summed E-state index contributed by atoms with van der Waals surface area (Å²) in [6.07, 6.45) is 0.715. The van der Waals surface area contributed by atoms with Crippen LogP contribution in [0.5, 0.6) is 0 Å². The minimum atomic E-state index is -1.00. The van der Waals surface area contributed by atoms with Crippen molar-refractivity contribution < 1.29 is 28.7 Å². The first-order chi connectivity index (χ1) is 17.4. The number of hydrogen-bond acceptors (Lipinski definition) is 7. The van der Waals surface area contributed by atoms with Gasteiger partial charge in [0.05, 0.1) is 13.0 Å².